The van der Waals surface area contributed by atoms with Crippen LogP contribution in [0.3, 0.4) is 0 Å². The van der Waals surface area contributed by atoms with Crippen LogP contribution in [0.5, 0.6) is 0 Å². The van der Waals surface area contributed by atoms with Crippen molar-refractivity contribution in [2.45, 2.75) is 32.8 Å². The molecule has 1 unspecified atom stereocenters. The molecule has 3 rings (SSSR count). The van der Waals surface area contributed by atoms with E-state index < -0.39 is 12.1 Å². The average Bonchev–Trinajstić information content (AvgIpc) is 3.01. The summed E-state index contributed by atoms with van der Waals surface area (Å²) in [5, 5.41) is 13.9. The summed E-state index contributed by atoms with van der Waals surface area (Å²) in [6, 6.07) is 7.29. The largest absolute Gasteiger partial charge is 0.422 e. The highest BCUT2D eigenvalue weighted by Crippen LogP contribution is 2.35. The molecule has 1 aliphatic rings. The van der Waals surface area contributed by atoms with E-state index in [-0.39, 0.29) is 5.92 Å². The average molecular weight is 299 g/mol. The first-order chi connectivity index (χ1) is 10.5. The lowest BCUT2D eigenvalue weighted by Gasteiger charge is -2.08. The number of rotatable bonds is 3. The van der Waals surface area contributed by atoms with E-state index in [9.17, 15) is 9.90 Å². The maximum Gasteiger partial charge on any atom is 0.349 e. The highest BCUT2D eigenvalue weighted by atomic mass is 16.5. The van der Waals surface area contributed by atoms with Gasteiger partial charge < -0.3 is 14.4 Å². The Morgan fingerprint density at radius 2 is 2.09 bits per heavy atom. The van der Waals surface area contributed by atoms with Gasteiger partial charge >= 0.3 is 5.97 Å². The first-order valence-corrected chi connectivity index (χ1v) is 7.16. The zero-order valence-electron chi connectivity index (χ0n) is 12.7. The molecule has 114 valence electrons. The zero-order chi connectivity index (χ0) is 15.9. The lowest BCUT2D eigenvalue weighted by atomic mass is 10.0. The van der Waals surface area contributed by atoms with Gasteiger partial charge in [-0.2, -0.15) is 0 Å². The minimum absolute atomic E-state index is 0.0513. The van der Waals surface area contributed by atoms with Crippen molar-refractivity contribution in [2.75, 3.05) is 0 Å². The van der Waals surface area contributed by atoms with Crippen molar-refractivity contribution in [1.82, 2.24) is 5.16 Å². The van der Waals surface area contributed by atoms with Crippen LogP contribution < -0.4 is 0 Å². The molecular weight excluding hydrogens is 282 g/mol. The summed E-state index contributed by atoms with van der Waals surface area (Å²) < 4.78 is 10.6. The molecule has 1 N–H and O–H groups in total. The van der Waals surface area contributed by atoms with Crippen molar-refractivity contribution in [1.29, 1.82) is 0 Å². The van der Waals surface area contributed by atoms with E-state index in [1.165, 1.54) is 6.08 Å². The summed E-state index contributed by atoms with van der Waals surface area (Å²) in [6.45, 7) is 5.55. The molecule has 1 atom stereocenters. The van der Waals surface area contributed by atoms with E-state index in [4.69, 9.17) is 9.26 Å². The lowest BCUT2D eigenvalue weighted by Crippen LogP contribution is -2.08. The monoisotopic (exact) mass is 299 g/mol. The standard InChI is InChI=1S/C17H17NO4/c1-9(2)16-15(10(3)22-18-16)17(20)21-14-8-13(19)11-6-4-5-7-12(11)14/h4-9,13,19H,1-3H3. The third-order valence-electron chi connectivity index (χ3n) is 3.70. The Balaban J connectivity index is 1.91. The normalized spacial score (nSPS) is 16.6. The Hall–Kier alpha value is -2.40. The molecule has 1 aromatic carbocycles. The van der Waals surface area contributed by atoms with Crippen LogP contribution in [0, 0.1) is 6.92 Å². The number of hydrogen-bond donors (Lipinski definition) is 1. The topological polar surface area (TPSA) is 72.6 Å². The van der Waals surface area contributed by atoms with Crippen LogP contribution in [0.15, 0.2) is 34.9 Å². The fraction of sp³-hybridized carbons (Fsp3) is 0.294. The summed E-state index contributed by atoms with van der Waals surface area (Å²) in [4.78, 5) is 12.5. The van der Waals surface area contributed by atoms with E-state index in [0.717, 1.165) is 11.1 Å². The minimum atomic E-state index is -0.757. The van der Waals surface area contributed by atoms with Crippen LogP contribution in [0.25, 0.3) is 5.76 Å². The molecule has 0 saturated carbocycles. The van der Waals surface area contributed by atoms with E-state index in [1.54, 1.807) is 6.92 Å². The fourth-order valence-corrected chi connectivity index (χ4v) is 2.57. The minimum Gasteiger partial charge on any atom is -0.422 e. The predicted molar refractivity (Wildman–Crippen MR) is 80.1 cm³/mol. The van der Waals surface area contributed by atoms with E-state index in [1.807, 2.05) is 38.1 Å². The molecule has 1 heterocycles. The van der Waals surface area contributed by atoms with Crippen molar-refractivity contribution >= 4 is 11.7 Å². The summed E-state index contributed by atoms with van der Waals surface area (Å²) in [5.74, 6) is 0.331. The van der Waals surface area contributed by atoms with Gasteiger partial charge in [0.15, 0.2) is 0 Å². The van der Waals surface area contributed by atoms with E-state index in [0.29, 0.717) is 22.8 Å². The van der Waals surface area contributed by atoms with Gasteiger partial charge in [0.2, 0.25) is 0 Å². The number of hydrogen-bond acceptors (Lipinski definition) is 5. The van der Waals surface area contributed by atoms with E-state index in [2.05, 4.69) is 5.16 Å². The molecule has 5 heteroatoms. The van der Waals surface area contributed by atoms with Crippen molar-refractivity contribution < 1.29 is 19.2 Å². The molecule has 0 amide bonds. The fourth-order valence-electron chi connectivity index (χ4n) is 2.57. The van der Waals surface area contributed by atoms with E-state index >= 15 is 0 Å². The lowest BCUT2D eigenvalue weighted by molar-refractivity contribution is 0.0688. The number of ether oxygens (including phenoxy) is 1. The second kappa shape index (κ2) is 5.42. The third kappa shape index (κ3) is 2.33. The summed E-state index contributed by atoms with van der Waals surface area (Å²) in [7, 11) is 0. The number of benzene rings is 1. The third-order valence-corrected chi connectivity index (χ3v) is 3.70. The summed E-state index contributed by atoms with van der Waals surface area (Å²) >= 11 is 0. The van der Waals surface area contributed by atoms with Crippen molar-refractivity contribution in [2.24, 2.45) is 0 Å². The van der Waals surface area contributed by atoms with Gasteiger partial charge in [0.25, 0.3) is 0 Å². The second-order valence-electron chi connectivity index (χ2n) is 5.61. The van der Waals surface area contributed by atoms with Crippen molar-refractivity contribution in [3.63, 3.8) is 0 Å². The molecule has 1 aliphatic carbocycles. The summed E-state index contributed by atoms with van der Waals surface area (Å²) in [6.07, 6.45) is 0.771. The van der Waals surface area contributed by atoms with Gasteiger partial charge in [0.05, 0.1) is 0 Å². The maximum absolute atomic E-state index is 12.5. The molecule has 0 saturated heterocycles. The number of aliphatic hydroxyl groups is 1. The highest BCUT2D eigenvalue weighted by Gasteiger charge is 2.28. The Morgan fingerprint density at radius 3 is 2.82 bits per heavy atom. The quantitative estimate of drug-likeness (QED) is 0.880. The van der Waals surface area contributed by atoms with Crippen LogP contribution in [0.1, 0.15) is 58.8 Å². The van der Waals surface area contributed by atoms with Gasteiger partial charge in [0.1, 0.15) is 28.9 Å². The number of fused-ring (bicyclic) bond motifs is 1. The summed E-state index contributed by atoms with van der Waals surface area (Å²) in [5.41, 5.74) is 2.39. The van der Waals surface area contributed by atoms with Gasteiger partial charge in [-0.15, -0.1) is 0 Å². The molecule has 0 fully saturated rings. The smallest absolute Gasteiger partial charge is 0.349 e. The van der Waals surface area contributed by atoms with Crippen LogP contribution in [0.4, 0.5) is 0 Å². The molecule has 5 nitrogen and oxygen atoms in total. The zero-order valence-corrected chi connectivity index (χ0v) is 12.7. The van der Waals surface area contributed by atoms with Crippen LogP contribution in [-0.2, 0) is 4.74 Å². The highest BCUT2D eigenvalue weighted by molar-refractivity contribution is 5.95. The molecule has 1 aromatic heterocycles. The molecular formula is C17H17NO4. The molecule has 0 spiro atoms. The predicted octanol–water partition coefficient (Wildman–Crippen LogP) is 3.35. The maximum atomic E-state index is 12.5. The van der Waals surface area contributed by atoms with Crippen molar-refractivity contribution in [3.8, 4) is 0 Å². The number of aryl methyl sites for hydroxylation is 1. The number of esters is 1. The SMILES string of the molecule is Cc1onc(C(C)C)c1C(=O)OC1=CC(O)c2ccccc21. The first kappa shape index (κ1) is 14.5. The molecule has 22 heavy (non-hydrogen) atoms. The van der Waals surface area contributed by atoms with Gasteiger partial charge in [-0.05, 0) is 24.5 Å². The number of carbonyl (C=O) groups is 1. The Kier molecular flexibility index (Phi) is 3.58. The molecule has 0 radical (unpaired) electrons. The van der Waals surface area contributed by atoms with Gasteiger partial charge in [-0.25, -0.2) is 4.79 Å². The van der Waals surface area contributed by atoms with Gasteiger partial charge in [-0.3, -0.25) is 0 Å². The Bertz CT molecular complexity index is 758. The first-order valence-electron chi connectivity index (χ1n) is 7.16. The van der Waals surface area contributed by atoms with Gasteiger partial charge in [0, 0.05) is 5.56 Å². The van der Waals surface area contributed by atoms with Crippen LogP contribution >= 0.6 is 0 Å². The number of aliphatic hydroxyl groups excluding tert-OH is 1. The van der Waals surface area contributed by atoms with Crippen molar-refractivity contribution in [3.05, 3.63) is 58.5 Å². The van der Waals surface area contributed by atoms with Gasteiger partial charge in [-0.1, -0.05) is 43.3 Å². The molecule has 2 aromatic rings. The van der Waals surface area contributed by atoms with Crippen LogP contribution in [0.2, 0.25) is 0 Å². The Morgan fingerprint density at radius 1 is 1.36 bits per heavy atom. The second-order valence-corrected chi connectivity index (χ2v) is 5.61. The molecule has 0 bridgehead atoms. The van der Waals surface area contributed by atoms with Crippen LogP contribution in [-0.4, -0.2) is 16.2 Å². The number of aromatic nitrogens is 1. The Labute approximate surface area is 128 Å². The number of nitrogens with zero attached hydrogens (tertiary/aromatic N) is 1. The molecule has 0 aliphatic heterocycles. The number of carbonyl (C=O) groups excluding carboxylic acids is 1.